The fourth-order valence-electron chi connectivity index (χ4n) is 1.33. The molecule has 0 aliphatic heterocycles. The molecule has 84 valence electrons. The molecule has 0 heterocycles. The Hall–Kier alpha value is -1.02. The summed E-state index contributed by atoms with van der Waals surface area (Å²) < 4.78 is 11.1. The van der Waals surface area contributed by atoms with E-state index in [4.69, 9.17) is 9.47 Å². The van der Waals surface area contributed by atoms with Gasteiger partial charge in [0.1, 0.15) is 5.75 Å². The first-order valence-electron chi connectivity index (χ1n) is 5.66. The van der Waals surface area contributed by atoms with Gasteiger partial charge in [-0.2, -0.15) is 0 Å². The van der Waals surface area contributed by atoms with Crippen LogP contribution in [0.4, 0.5) is 0 Å². The monoisotopic (exact) mass is 208 g/mol. The third-order valence-electron chi connectivity index (χ3n) is 2.15. The molecule has 1 unspecified atom stereocenters. The van der Waals surface area contributed by atoms with Crippen LogP contribution in [0.2, 0.25) is 0 Å². The lowest BCUT2D eigenvalue weighted by Gasteiger charge is -2.15. The molecule has 0 amide bonds. The maximum Gasteiger partial charge on any atom is 0.196 e. The number of unbranched alkanes of at least 4 members (excludes halogenated alkanes) is 2. The molecule has 2 heteroatoms. The summed E-state index contributed by atoms with van der Waals surface area (Å²) in [5, 5.41) is 0. The molecule has 1 aromatic carbocycles. The first-order chi connectivity index (χ1) is 7.33. The zero-order valence-electron chi connectivity index (χ0n) is 9.61. The second kappa shape index (κ2) is 7.30. The summed E-state index contributed by atoms with van der Waals surface area (Å²) in [7, 11) is 0. The normalized spacial score (nSPS) is 12.4. The third-order valence-corrected chi connectivity index (χ3v) is 2.15. The number of ether oxygens (including phenoxy) is 2. The zero-order valence-corrected chi connectivity index (χ0v) is 9.61. The van der Waals surface area contributed by atoms with Crippen molar-refractivity contribution in [3.63, 3.8) is 0 Å². The molecule has 1 rings (SSSR count). The minimum absolute atomic E-state index is 0.163. The van der Waals surface area contributed by atoms with Crippen molar-refractivity contribution in [1.29, 1.82) is 0 Å². The molecule has 1 atom stereocenters. The van der Waals surface area contributed by atoms with E-state index in [0.29, 0.717) is 0 Å². The lowest BCUT2D eigenvalue weighted by atomic mass is 10.3. The smallest absolute Gasteiger partial charge is 0.196 e. The van der Waals surface area contributed by atoms with Gasteiger partial charge in [0, 0.05) is 0 Å². The number of benzene rings is 1. The van der Waals surface area contributed by atoms with Crippen LogP contribution in [0.1, 0.15) is 33.1 Å². The summed E-state index contributed by atoms with van der Waals surface area (Å²) in [5.74, 6) is 0.862. The van der Waals surface area contributed by atoms with Crippen LogP contribution in [-0.4, -0.2) is 12.9 Å². The van der Waals surface area contributed by atoms with E-state index in [1.807, 2.05) is 37.3 Å². The van der Waals surface area contributed by atoms with Gasteiger partial charge in [0.05, 0.1) is 6.61 Å². The van der Waals surface area contributed by atoms with Crippen molar-refractivity contribution in [1.82, 2.24) is 0 Å². The van der Waals surface area contributed by atoms with Gasteiger partial charge in [-0.1, -0.05) is 38.0 Å². The van der Waals surface area contributed by atoms with Crippen LogP contribution >= 0.6 is 0 Å². The van der Waals surface area contributed by atoms with E-state index in [2.05, 4.69) is 6.92 Å². The minimum atomic E-state index is -0.163. The maximum absolute atomic E-state index is 5.57. The van der Waals surface area contributed by atoms with E-state index < -0.39 is 0 Å². The predicted octanol–water partition coefficient (Wildman–Crippen LogP) is 3.62. The fraction of sp³-hybridized carbons (Fsp3) is 0.538. The van der Waals surface area contributed by atoms with Gasteiger partial charge in [-0.25, -0.2) is 0 Å². The molecule has 0 N–H and O–H groups in total. The number of rotatable bonds is 7. The highest BCUT2D eigenvalue weighted by molar-refractivity contribution is 5.20. The number of hydrogen-bond donors (Lipinski definition) is 0. The van der Waals surface area contributed by atoms with Gasteiger partial charge in [0.25, 0.3) is 0 Å². The highest BCUT2D eigenvalue weighted by Gasteiger charge is 2.02. The summed E-state index contributed by atoms with van der Waals surface area (Å²) in [5.41, 5.74) is 0. The number of hydrogen-bond acceptors (Lipinski definition) is 2. The first-order valence-corrected chi connectivity index (χ1v) is 5.66. The molecule has 0 aliphatic rings. The summed E-state index contributed by atoms with van der Waals surface area (Å²) >= 11 is 0. The average molecular weight is 208 g/mol. The Morgan fingerprint density at radius 2 is 1.87 bits per heavy atom. The van der Waals surface area contributed by atoms with Crippen LogP contribution in [0.5, 0.6) is 5.75 Å². The van der Waals surface area contributed by atoms with Crippen molar-refractivity contribution in [3.05, 3.63) is 30.3 Å². The molecule has 0 aromatic heterocycles. The predicted molar refractivity (Wildman–Crippen MR) is 62.0 cm³/mol. The largest absolute Gasteiger partial charge is 0.465 e. The van der Waals surface area contributed by atoms with Crippen molar-refractivity contribution in [2.45, 2.75) is 39.4 Å². The Labute approximate surface area is 92.2 Å². The molecule has 0 radical (unpaired) electrons. The summed E-state index contributed by atoms with van der Waals surface area (Å²) in [6.07, 6.45) is 3.39. The van der Waals surface area contributed by atoms with E-state index >= 15 is 0 Å². The molecule has 0 bridgehead atoms. The van der Waals surface area contributed by atoms with Crippen LogP contribution in [-0.2, 0) is 4.74 Å². The number of para-hydroxylation sites is 1. The highest BCUT2D eigenvalue weighted by atomic mass is 16.7. The molecular weight excluding hydrogens is 188 g/mol. The van der Waals surface area contributed by atoms with Gasteiger partial charge >= 0.3 is 0 Å². The van der Waals surface area contributed by atoms with Crippen molar-refractivity contribution < 1.29 is 9.47 Å². The van der Waals surface area contributed by atoms with Crippen LogP contribution in [0.15, 0.2) is 30.3 Å². The second-order valence-corrected chi connectivity index (χ2v) is 3.58. The molecule has 0 fully saturated rings. The van der Waals surface area contributed by atoms with Crippen molar-refractivity contribution in [2.24, 2.45) is 0 Å². The Morgan fingerprint density at radius 3 is 2.53 bits per heavy atom. The Balaban J connectivity index is 2.16. The topological polar surface area (TPSA) is 18.5 Å². The summed E-state index contributed by atoms with van der Waals surface area (Å²) in [4.78, 5) is 0. The van der Waals surface area contributed by atoms with Crippen molar-refractivity contribution in [2.75, 3.05) is 6.61 Å². The first kappa shape index (κ1) is 12.1. The van der Waals surface area contributed by atoms with Crippen molar-refractivity contribution in [3.8, 4) is 5.75 Å². The van der Waals surface area contributed by atoms with E-state index in [9.17, 15) is 0 Å². The standard InChI is InChI=1S/C13H20O2/c1-3-4-8-11-14-12(2)15-13-9-6-5-7-10-13/h5-7,9-10,12H,3-4,8,11H2,1-2H3. The highest BCUT2D eigenvalue weighted by Crippen LogP contribution is 2.11. The van der Waals surface area contributed by atoms with Gasteiger partial charge in [0.2, 0.25) is 0 Å². The minimum Gasteiger partial charge on any atom is -0.465 e. The van der Waals surface area contributed by atoms with Gasteiger partial charge < -0.3 is 9.47 Å². The Kier molecular flexibility index (Phi) is 5.86. The molecule has 1 aromatic rings. The Bertz CT molecular complexity index is 246. The molecule has 0 saturated heterocycles. The lowest BCUT2D eigenvalue weighted by molar-refractivity contribution is -0.0676. The van der Waals surface area contributed by atoms with Crippen LogP contribution in [0.3, 0.4) is 0 Å². The Morgan fingerprint density at radius 1 is 1.13 bits per heavy atom. The molecule has 15 heavy (non-hydrogen) atoms. The summed E-state index contributed by atoms with van der Waals surface area (Å²) in [6.45, 7) is 4.89. The summed E-state index contributed by atoms with van der Waals surface area (Å²) in [6, 6.07) is 9.76. The van der Waals surface area contributed by atoms with E-state index in [0.717, 1.165) is 18.8 Å². The SMILES string of the molecule is CCCCCOC(C)Oc1ccccc1. The fourth-order valence-corrected chi connectivity index (χ4v) is 1.33. The van der Waals surface area contributed by atoms with Crippen LogP contribution in [0, 0.1) is 0 Å². The van der Waals surface area contributed by atoms with E-state index in [-0.39, 0.29) is 6.29 Å². The zero-order chi connectivity index (χ0) is 10.9. The van der Waals surface area contributed by atoms with Gasteiger partial charge in [-0.3, -0.25) is 0 Å². The van der Waals surface area contributed by atoms with Crippen molar-refractivity contribution >= 4 is 0 Å². The van der Waals surface area contributed by atoms with Crippen LogP contribution in [0.25, 0.3) is 0 Å². The molecule has 0 aliphatic carbocycles. The maximum atomic E-state index is 5.57. The molecular formula is C13H20O2. The van der Waals surface area contributed by atoms with Gasteiger partial charge in [0.15, 0.2) is 6.29 Å². The van der Waals surface area contributed by atoms with Gasteiger partial charge in [-0.05, 0) is 25.5 Å². The molecule has 2 nitrogen and oxygen atoms in total. The quantitative estimate of drug-likeness (QED) is 0.503. The lowest BCUT2D eigenvalue weighted by Crippen LogP contribution is -2.16. The van der Waals surface area contributed by atoms with Crippen LogP contribution < -0.4 is 4.74 Å². The molecule has 0 spiro atoms. The van der Waals surface area contributed by atoms with Gasteiger partial charge in [-0.15, -0.1) is 0 Å². The second-order valence-electron chi connectivity index (χ2n) is 3.58. The van der Waals surface area contributed by atoms with E-state index in [1.54, 1.807) is 0 Å². The average Bonchev–Trinajstić information content (AvgIpc) is 2.26. The third kappa shape index (κ3) is 5.43. The molecule has 0 saturated carbocycles. The van der Waals surface area contributed by atoms with E-state index in [1.165, 1.54) is 12.8 Å².